The molecule has 0 aromatic heterocycles. The lowest BCUT2D eigenvalue weighted by atomic mass is 9.58. The van der Waals surface area contributed by atoms with Crippen LogP contribution in [0.2, 0.25) is 0 Å². The van der Waals surface area contributed by atoms with E-state index in [1.165, 1.54) is 23.1 Å². The lowest BCUT2D eigenvalue weighted by Crippen LogP contribution is -2.63. The second-order valence-corrected chi connectivity index (χ2v) is 12.7. The number of benzene rings is 3. The number of carbonyl (C=O) groups is 4. The van der Waals surface area contributed by atoms with Gasteiger partial charge in [-0.2, -0.15) is 0 Å². The van der Waals surface area contributed by atoms with Crippen LogP contribution in [-0.4, -0.2) is 80.9 Å². The summed E-state index contributed by atoms with van der Waals surface area (Å²) in [6, 6.07) is 12.1. The van der Waals surface area contributed by atoms with E-state index in [1.807, 2.05) is 0 Å². The summed E-state index contributed by atoms with van der Waals surface area (Å²) in [6.45, 7) is 0. The van der Waals surface area contributed by atoms with E-state index in [9.17, 15) is 52.8 Å². The third-order valence-corrected chi connectivity index (χ3v) is 9.41. The number of nitrogens with one attached hydrogen (secondary N) is 2. The van der Waals surface area contributed by atoms with Gasteiger partial charge in [-0.1, -0.05) is 18.2 Å². The molecule has 0 unspecified atom stereocenters. The molecule has 0 fully saturated rings. The van der Waals surface area contributed by atoms with Crippen LogP contribution in [0.3, 0.4) is 0 Å². The third kappa shape index (κ3) is 6.01. The van der Waals surface area contributed by atoms with E-state index in [-0.39, 0.29) is 29.7 Å². The minimum Gasteiger partial charge on any atom is -0.510 e. The molecule has 6 rings (SSSR count). The van der Waals surface area contributed by atoms with Gasteiger partial charge in [0.05, 0.1) is 11.6 Å². The van der Waals surface area contributed by atoms with Crippen molar-refractivity contribution < 1.29 is 57.5 Å². The molecule has 0 heterocycles. The van der Waals surface area contributed by atoms with Gasteiger partial charge < -0.3 is 41.5 Å². The molecule has 0 radical (unpaired) electrons. The largest absolute Gasteiger partial charge is 0.573 e. The predicted octanol–water partition coefficient (Wildman–Crippen LogP) is 4.33. The Morgan fingerprint density at radius 1 is 0.941 bits per heavy atom. The number of phenolic OH excluding ortho intramolecular Hbond substituents is 1. The van der Waals surface area contributed by atoms with Crippen molar-refractivity contribution in [3.63, 3.8) is 0 Å². The summed E-state index contributed by atoms with van der Waals surface area (Å²) in [6.07, 6.45) is -4.85. The highest BCUT2D eigenvalue weighted by Gasteiger charge is 2.63. The summed E-state index contributed by atoms with van der Waals surface area (Å²) in [5, 5.41) is 50.2. The number of hydrogen-bond acceptors (Lipinski definition) is 10. The number of amides is 3. The molecule has 4 atom stereocenters. The van der Waals surface area contributed by atoms with Gasteiger partial charge in [0.25, 0.3) is 5.91 Å². The maximum absolute atomic E-state index is 14.0. The number of aliphatic hydroxyl groups excluding tert-OH is 2. The van der Waals surface area contributed by atoms with Crippen LogP contribution in [0.5, 0.6) is 11.5 Å². The second kappa shape index (κ2) is 12.5. The number of carbonyl (C=O) groups excluding carboxylic acids is 4. The summed E-state index contributed by atoms with van der Waals surface area (Å²) >= 11 is 0. The van der Waals surface area contributed by atoms with Crippen molar-refractivity contribution in [1.29, 1.82) is 0 Å². The van der Waals surface area contributed by atoms with Gasteiger partial charge in [0.15, 0.2) is 11.4 Å². The fourth-order valence-corrected chi connectivity index (χ4v) is 7.29. The van der Waals surface area contributed by atoms with Crippen molar-refractivity contribution in [2.75, 3.05) is 24.7 Å². The molecule has 8 N–H and O–H groups in total. The molecule has 3 aliphatic carbocycles. The van der Waals surface area contributed by atoms with Gasteiger partial charge in [0.2, 0.25) is 5.78 Å². The summed E-state index contributed by atoms with van der Waals surface area (Å²) < 4.78 is 41.0. The number of nitrogens with two attached hydrogens (primary N) is 1. The Bertz CT molecular complexity index is 2040. The predicted molar refractivity (Wildman–Crippen MR) is 175 cm³/mol. The zero-order chi connectivity index (χ0) is 37.2. The number of ketones is 2. The first-order valence-corrected chi connectivity index (χ1v) is 15.5. The Kier molecular flexibility index (Phi) is 8.55. The number of anilines is 2. The topological polar surface area (TPSA) is 212 Å². The number of ether oxygens (including phenoxy) is 1. The minimum absolute atomic E-state index is 0.0725. The molecule has 3 amide bonds. The molecular formula is C35H31F3N4O9. The molecule has 0 spiro atoms. The average Bonchev–Trinajstić information content (AvgIpc) is 3.03. The fraction of sp³-hybridized carbons (Fsp3) is 0.257. The maximum atomic E-state index is 14.0. The van der Waals surface area contributed by atoms with Crippen LogP contribution in [0.25, 0.3) is 11.1 Å². The van der Waals surface area contributed by atoms with Crippen molar-refractivity contribution >= 4 is 34.9 Å². The number of halogens is 3. The van der Waals surface area contributed by atoms with Crippen molar-refractivity contribution in [2.45, 2.75) is 30.8 Å². The number of likely N-dealkylation sites (N-methyl/N-ethyl adjacent to an activating group) is 1. The molecule has 16 heteroatoms. The van der Waals surface area contributed by atoms with E-state index in [4.69, 9.17) is 5.73 Å². The Balaban J connectivity index is 1.28. The lowest BCUT2D eigenvalue weighted by Gasteiger charge is -2.50. The first-order valence-electron chi connectivity index (χ1n) is 15.5. The summed E-state index contributed by atoms with van der Waals surface area (Å²) in [5.74, 6) is -7.90. The highest BCUT2D eigenvalue weighted by atomic mass is 19.4. The van der Waals surface area contributed by atoms with Gasteiger partial charge in [-0.3, -0.25) is 19.3 Å². The summed E-state index contributed by atoms with van der Waals surface area (Å²) in [4.78, 5) is 53.7. The molecular weight excluding hydrogens is 677 g/mol. The number of urea groups is 1. The first kappa shape index (κ1) is 35.0. The Labute approximate surface area is 287 Å². The quantitative estimate of drug-likeness (QED) is 0.180. The molecule has 3 aromatic rings. The summed E-state index contributed by atoms with van der Waals surface area (Å²) in [7, 11) is 3.08. The van der Waals surface area contributed by atoms with E-state index in [2.05, 4.69) is 15.4 Å². The van der Waals surface area contributed by atoms with Gasteiger partial charge in [-0.25, -0.2) is 4.79 Å². The summed E-state index contributed by atoms with van der Waals surface area (Å²) in [5.41, 5.74) is 3.39. The third-order valence-electron chi connectivity index (χ3n) is 9.41. The van der Waals surface area contributed by atoms with Gasteiger partial charge in [0.1, 0.15) is 28.6 Å². The SMILES string of the molecule is CN(C)[C@@H]1C(O)=C(C(N)=O)C(=O)[C@@]2(O)C(O)=C3C(=O)c4c(O)ccc(-c5ccc(NC(=O)Nc6ccc(OC(F)(F)F)cc6)cc5)c4C[C@H]3C[C@@H]12. The van der Waals surface area contributed by atoms with Crippen molar-refractivity contribution in [2.24, 2.45) is 17.6 Å². The standard InChI is InChI=1S/C35H31F3N4O9/c1-42(2)27-22-14-16-13-21-20(15-3-5-17(6-4-15)40-33(49)41-18-7-9-19(10-8-18)51-35(36,37)38)11-12-23(43)25(21)28(44)24(16)30(46)34(22,50)31(47)26(29(27)45)32(39)48/h3-12,16,22,27,43,45-46,50H,13-14H2,1-2H3,(H2,39,48)(H2,40,41,49)/t16-,22-,27-,34-/m0/s1. The minimum atomic E-state index is -4.85. The number of hydrogen-bond donors (Lipinski definition) is 7. The highest BCUT2D eigenvalue weighted by molar-refractivity contribution is 6.25. The monoisotopic (exact) mass is 708 g/mol. The van der Waals surface area contributed by atoms with E-state index in [0.29, 0.717) is 22.4 Å². The van der Waals surface area contributed by atoms with Crippen LogP contribution >= 0.6 is 0 Å². The molecule has 3 aromatic carbocycles. The number of aliphatic hydroxyl groups is 3. The number of Topliss-reactive ketones (excluding diaryl/α,β-unsaturated/α-hetero) is 2. The number of primary amides is 1. The van der Waals surface area contributed by atoms with Gasteiger partial charge >= 0.3 is 12.4 Å². The van der Waals surface area contributed by atoms with Gasteiger partial charge in [0, 0.05) is 22.9 Å². The number of nitrogens with zero attached hydrogens (tertiary/aromatic N) is 1. The van der Waals surface area contributed by atoms with E-state index >= 15 is 0 Å². The highest BCUT2D eigenvalue weighted by Crippen LogP contribution is 2.53. The normalized spacial score (nSPS) is 23.0. The molecule has 0 aliphatic heterocycles. The number of phenols is 1. The fourth-order valence-electron chi connectivity index (χ4n) is 7.29. The molecule has 13 nitrogen and oxygen atoms in total. The van der Waals surface area contributed by atoms with Gasteiger partial charge in [-0.15, -0.1) is 13.2 Å². The van der Waals surface area contributed by atoms with E-state index in [0.717, 1.165) is 12.1 Å². The Morgan fingerprint density at radius 2 is 1.53 bits per heavy atom. The van der Waals surface area contributed by atoms with Crippen molar-refractivity contribution in [3.8, 4) is 22.6 Å². The van der Waals surface area contributed by atoms with Crippen LogP contribution < -0.4 is 21.1 Å². The second-order valence-electron chi connectivity index (χ2n) is 12.7. The number of allylic oxidation sites excluding steroid dienone is 1. The van der Waals surface area contributed by atoms with Crippen LogP contribution in [-0.2, 0) is 16.0 Å². The first-order chi connectivity index (χ1) is 23.9. The molecule has 51 heavy (non-hydrogen) atoms. The maximum Gasteiger partial charge on any atom is 0.573 e. The van der Waals surface area contributed by atoms with Crippen LogP contribution in [0.15, 0.2) is 83.3 Å². The lowest BCUT2D eigenvalue weighted by molar-refractivity contribution is -0.274. The average molecular weight is 709 g/mol. The van der Waals surface area contributed by atoms with Crippen LogP contribution in [0, 0.1) is 11.8 Å². The number of fused-ring (bicyclic) bond motifs is 3. The smallest absolute Gasteiger partial charge is 0.510 e. The molecule has 0 saturated heterocycles. The Hall–Kier alpha value is -5.87. The van der Waals surface area contributed by atoms with Crippen molar-refractivity contribution in [3.05, 3.63) is 94.5 Å². The van der Waals surface area contributed by atoms with Gasteiger partial charge in [-0.05, 0) is 92.0 Å². The molecule has 3 aliphatic rings. The number of rotatable bonds is 6. The van der Waals surface area contributed by atoms with Crippen molar-refractivity contribution in [1.82, 2.24) is 4.90 Å². The van der Waals surface area contributed by atoms with Crippen LogP contribution in [0.1, 0.15) is 22.3 Å². The van der Waals surface area contributed by atoms with E-state index in [1.54, 1.807) is 44.4 Å². The van der Waals surface area contributed by atoms with Crippen LogP contribution in [0.4, 0.5) is 29.3 Å². The number of aromatic hydroxyl groups is 1. The zero-order valence-electron chi connectivity index (χ0n) is 26.9. The Morgan fingerprint density at radius 3 is 2.08 bits per heavy atom. The molecule has 266 valence electrons. The molecule has 0 saturated carbocycles. The zero-order valence-corrected chi connectivity index (χ0v) is 26.9. The van der Waals surface area contributed by atoms with E-state index < -0.39 is 81.9 Å². The number of alkyl halides is 3. The molecule has 0 bridgehead atoms.